The lowest BCUT2D eigenvalue weighted by Gasteiger charge is -2.37. The quantitative estimate of drug-likeness (QED) is 0.288. The van der Waals surface area contributed by atoms with E-state index in [-0.39, 0.29) is 24.0 Å². The van der Waals surface area contributed by atoms with Crippen LogP contribution < -0.4 is 15.0 Å². The number of nitrogens with zero attached hydrogens (tertiary/aromatic N) is 4. The lowest BCUT2D eigenvalue weighted by Crippen LogP contribution is -2.52. The van der Waals surface area contributed by atoms with Gasteiger partial charge in [-0.15, -0.1) is 24.0 Å². The van der Waals surface area contributed by atoms with Crippen molar-refractivity contribution in [2.45, 2.75) is 13.2 Å². The third-order valence-electron chi connectivity index (χ3n) is 5.40. The van der Waals surface area contributed by atoms with E-state index in [4.69, 9.17) is 4.74 Å². The third-order valence-corrected chi connectivity index (χ3v) is 5.40. The van der Waals surface area contributed by atoms with Crippen LogP contribution in [0.5, 0.6) is 5.75 Å². The van der Waals surface area contributed by atoms with Crippen LogP contribution in [0.15, 0.2) is 84.0 Å². The van der Waals surface area contributed by atoms with Crippen molar-refractivity contribution in [2.24, 2.45) is 4.99 Å². The molecule has 1 aromatic heterocycles. The fraction of sp³-hybridized carbons (Fsp3) is 0.280. The van der Waals surface area contributed by atoms with Crippen LogP contribution in [-0.4, -0.2) is 49.1 Å². The van der Waals surface area contributed by atoms with Crippen LogP contribution in [0.1, 0.15) is 11.3 Å². The van der Waals surface area contributed by atoms with Crippen LogP contribution in [0.25, 0.3) is 0 Å². The van der Waals surface area contributed by atoms with Crippen LogP contribution in [0, 0.1) is 0 Å². The standard InChI is InChI=1S/C25H29N5O.HI/c1-26-25(30-17-15-29(16-18-30)23-8-3-2-4-9-23)28-19-21-10-12-24(13-11-21)31-20-22-7-5-6-14-27-22;/h2-14H,15-20H2,1H3,(H,26,28);1H. The zero-order valence-corrected chi connectivity index (χ0v) is 20.7. The summed E-state index contributed by atoms with van der Waals surface area (Å²) in [4.78, 5) is 13.5. The topological polar surface area (TPSA) is 53.0 Å². The number of halogens is 1. The van der Waals surface area contributed by atoms with Crippen molar-refractivity contribution in [3.63, 3.8) is 0 Å². The lowest BCUT2D eigenvalue weighted by atomic mass is 10.2. The molecule has 0 atom stereocenters. The Labute approximate surface area is 207 Å². The summed E-state index contributed by atoms with van der Waals surface area (Å²) in [5, 5.41) is 3.49. The van der Waals surface area contributed by atoms with Crippen molar-refractivity contribution < 1.29 is 4.74 Å². The first-order valence-corrected chi connectivity index (χ1v) is 10.7. The first-order chi connectivity index (χ1) is 15.3. The monoisotopic (exact) mass is 543 g/mol. The number of hydrogen-bond donors (Lipinski definition) is 1. The minimum atomic E-state index is 0. The molecule has 1 fully saturated rings. The summed E-state index contributed by atoms with van der Waals surface area (Å²) in [5.41, 5.74) is 3.40. The van der Waals surface area contributed by atoms with Crippen molar-refractivity contribution in [1.29, 1.82) is 0 Å². The second-order valence-corrected chi connectivity index (χ2v) is 7.46. The maximum absolute atomic E-state index is 5.82. The summed E-state index contributed by atoms with van der Waals surface area (Å²) >= 11 is 0. The Bertz CT molecular complexity index is 959. The van der Waals surface area contributed by atoms with Crippen molar-refractivity contribution in [1.82, 2.24) is 15.2 Å². The second kappa shape index (κ2) is 12.3. The van der Waals surface area contributed by atoms with E-state index < -0.39 is 0 Å². The molecule has 0 radical (unpaired) electrons. The van der Waals surface area contributed by atoms with E-state index in [1.807, 2.05) is 37.4 Å². The Morgan fingerprint density at radius 3 is 2.31 bits per heavy atom. The largest absolute Gasteiger partial charge is 0.487 e. The molecule has 0 aliphatic carbocycles. The number of ether oxygens (including phenoxy) is 1. The molecule has 2 aromatic carbocycles. The molecule has 0 unspecified atom stereocenters. The highest BCUT2D eigenvalue weighted by molar-refractivity contribution is 14.0. The molecule has 32 heavy (non-hydrogen) atoms. The molecule has 6 nitrogen and oxygen atoms in total. The van der Waals surface area contributed by atoms with Gasteiger partial charge in [0, 0.05) is 51.7 Å². The predicted octanol–water partition coefficient (Wildman–Crippen LogP) is 4.18. The van der Waals surface area contributed by atoms with E-state index in [0.29, 0.717) is 6.61 Å². The highest BCUT2D eigenvalue weighted by Gasteiger charge is 2.19. The molecule has 0 saturated carbocycles. The van der Waals surface area contributed by atoms with Gasteiger partial charge in [0.2, 0.25) is 0 Å². The van der Waals surface area contributed by atoms with Crippen molar-refractivity contribution in [3.05, 3.63) is 90.3 Å². The Morgan fingerprint density at radius 1 is 0.938 bits per heavy atom. The van der Waals surface area contributed by atoms with Gasteiger partial charge in [0.1, 0.15) is 12.4 Å². The molecule has 1 N–H and O–H groups in total. The summed E-state index contributed by atoms with van der Waals surface area (Å²) in [6.45, 7) is 5.09. The van der Waals surface area contributed by atoms with E-state index >= 15 is 0 Å². The van der Waals surface area contributed by atoms with Gasteiger partial charge in [0.15, 0.2) is 5.96 Å². The van der Waals surface area contributed by atoms with Gasteiger partial charge in [-0.1, -0.05) is 36.4 Å². The molecule has 1 aliphatic heterocycles. The van der Waals surface area contributed by atoms with E-state index in [0.717, 1.165) is 50.1 Å². The molecule has 0 bridgehead atoms. The Hall–Kier alpha value is -2.81. The average molecular weight is 543 g/mol. The first-order valence-electron chi connectivity index (χ1n) is 10.7. The van der Waals surface area contributed by atoms with Gasteiger partial charge in [0.25, 0.3) is 0 Å². The Balaban J connectivity index is 0.00000289. The van der Waals surface area contributed by atoms with Crippen molar-refractivity contribution in [2.75, 3.05) is 38.1 Å². The number of rotatable bonds is 6. The minimum Gasteiger partial charge on any atom is -0.487 e. The molecule has 2 heterocycles. The number of hydrogen-bond acceptors (Lipinski definition) is 4. The molecular weight excluding hydrogens is 513 g/mol. The van der Waals surface area contributed by atoms with Crippen molar-refractivity contribution >= 4 is 35.6 Å². The van der Waals surface area contributed by atoms with Gasteiger partial charge in [-0.3, -0.25) is 9.98 Å². The summed E-state index contributed by atoms with van der Waals surface area (Å²) < 4.78 is 5.82. The Kier molecular flexibility index (Phi) is 9.15. The fourth-order valence-corrected chi connectivity index (χ4v) is 3.67. The van der Waals surface area contributed by atoms with Gasteiger partial charge < -0.3 is 19.9 Å². The maximum Gasteiger partial charge on any atom is 0.194 e. The Morgan fingerprint density at radius 2 is 1.66 bits per heavy atom. The number of para-hydroxylation sites is 1. The molecule has 0 amide bonds. The first kappa shape index (κ1) is 23.8. The number of aromatic nitrogens is 1. The van der Waals surface area contributed by atoms with Crippen LogP contribution in [0.4, 0.5) is 5.69 Å². The SMILES string of the molecule is CN=C(NCc1ccc(OCc2ccccn2)cc1)N1CCN(c2ccccc2)CC1.I. The van der Waals surface area contributed by atoms with Crippen LogP contribution in [0.2, 0.25) is 0 Å². The third kappa shape index (κ3) is 6.59. The van der Waals surface area contributed by atoms with Crippen LogP contribution >= 0.6 is 24.0 Å². The summed E-state index contributed by atoms with van der Waals surface area (Å²) in [7, 11) is 1.85. The van der Waals surface area contributed by atoms with Crippen LogP contribution in [-0.2, 0) is 13.2 Å². The second-order valence-electron chi connectivity index (χ2n) is 7.46. The number of benzene rings is 2. The minimum absolute atomic E-state index is 0. The smallest absolute Gasteiger partial charge is 0.194 e. The van der Waals surface area contributed by atoms with Gasteiger partial charge in [-0.25, -0.2) is 0 Å². The molecule has 1 saturated heterocycles. The maximum atomic E-state index is 5.82. The molecule has 0 spiro atoms. The number of aliphatic imine (C=N–C) groups is 1. The molecule has 7 heteroatoms. The molecule has 3 aromatic rings. The number of pyridine rings is 1. The highest BCUT2D eigenvalue weighted by Crippen LogP contribution is 2.16. The number of nitrogens with one attached hydrogen (secondary N) is 1. The molecule has 1 aliphatic rings. The number of piperazine rings is 1. The molecular formula is C25H30IN5O. The lowest BCUT2D eigenvalue weighted by molar-refractivity contribution is 0.301. The molecule has 168 valence electrons. The number of anilines is 1. The van der Waals surface area contributed by atoms with Gasteiger partial charge in [-0.05, 0) is 42.0 Å². The summed E-state index contributed by atoms with van der Waals surface area (Å²) in [5.74, 6) is 1.79. The summed E-state index contributed by atoms with van der Waals surface area (Å²) in [6.07, 6.45) is 1.78. The predicted molar refractivity (Wildman–Crippen MR) is 141 cm³/mol. The van der Waals surface area contributed by atoms with E-state index in [2.05, 4.69) is 67.6 Å². The zero-order valence-electron chi connectivity index (χ0n) is 18.4. The molecule has 4 rings (SSSR count). The average Bonchev–Trinajstić information content (AvgIpc) is 2.85. The van der Waals surface area contributed by atoms with Crippen LogP contribution in [0.3, 0.4) is 0 Å². The van der Waals surface area contributed by atoms with E-state index in [1.165, 1.54) is 11.3 Å². The summed E-state index contributed by atoms with van der Waals surface area (Å²) in [6, 6.07) is 24.6. The van der Waals surface area contributed by atoms with Gasteiger partial charge >= 0.3 is 0 Å². The van der Waals surface area contributed by atoms with E-state index in [9.17, 15) is 0 Å². The van der Waals surface area contributed by atoms with E-state index in [1.54, 1.807) is 6.20 Å². The van der Waals surface area contributed by atoms with Crippen molar-refractivity contribution in [3.8, 4) is 5.75 Å². The fourth-order valence-electron chi connectivity index (χ4n) is 3.67. The van der Waals surface area contributed by atoms with Gasteiger partial charge in [0.05, 0.1) is 5.69 Å². The van der Waals surface area contributed by atoms with Gasteiger partial charge in [-0.2, -0.15) is 0 Å². The number of guanidine groups is 1. The zero-order chi connectivity index (χ0) is 21.3. The highest BCUT2D eigenvalue weighted by atomic mass is 127. The normalized spacial score (nSPS) is 14.0.